The topological polar surface area (TPSA) is 47.0 Å². The molecule has 1 heterocycles. The SMILES string of the molecule is Cc1cc(OC(C)C)nc(NCC2CCC(C)CC2)n1. The lowest BCUT2D eigenvalue weighted by atomic mass is 9.83. The Morgan fingerprint density at radius 2 is 1.95 bits per heavy atom. The van der Waals surface area contributed by atoms with Gasteiger partial charge in [-0.05, 0) is 45.4 Å². The van der Waals surface area contributed by atoms with Gasteiger partial charge in [0.25, 0.3) is 0 Å². The molecule has 1 N–H and O–H groups in total. The number of hydrogen-bond donors (Lipinski definition) is 1. The molecule has 0 radical (unpaired) electrons. The van der Waals surface area contributed by atoms with Crippen LogP contribution in [0.15, 0.2) is 6.07 Å². The first-order valence-corrected chi connectivity index (χ1v) is 7.79. The van der Waals surface area contributed by atoms with E-state index < -0.39 is 0 Å². The highest BCUT2D eigenvalue weighted by Crippen LogP contribution is 2.28. The van der Waals surface area contributed by atoms with Crippen molar-refractivity contribution in [2.45, 2.75) is 59.5 Å². The Morgan fingerprint density at radius 3 is 2.60 bits per heavy atom. The second kappa shape index (κ2) is 6.91. The zero-order valence-electron chi connectivity index (χ0n) is 13.1. The maximum absolute atomic E-state index is 5.65. The van der Waals surface area contributed by atoms with Gasteiger partial charge in [-0.3, -0.25) is 0 Å². The lowest BCUT2D eigenvalue weighted by Crippen LogP contribution is -2.21. The Balaban J connectivity index is 1.90. The molecule has 1 aromatic heterocycles. The number of aromatic nitrogens is 2. The Labute approximate surface area is 122 Å². The molecule has 4 heteroatoms. The van der Waals surface area contributed by atoms with Gasteiger partial charge in [0.05, 0.1) is 6.10 Å². The zero-order chi connectivity index (χ0) is 14.5. The largest absolute Gasteiger partial charge is 0.475 e. The molecule has 1 aromatic rings. The summed E-state index contributed by atoms with van der Waals surface area (Å²) in [6.45, 7) is 9.31. The van der Waals surface area contributed by atoms with Crippen molar-refractivity contribution in [2.75, 3.05) is 11.9 Å². The van der Waals surface area contributed by atoms with Gasteiger partial charge in [0, 0.05) is 18.3 Å². The van der Waals surface area contributed by atoms with Crippen LogP contribution in [-0.4, -0.2) is 22.6 Å². The summed E-state index contributed by atoms with van der Waals surface area (Å²) >= 11 is 0. The van der Waals surface area contributed by atoms with Crippen LogP contribution in [0, 0.1) is 18.8 Å². The van der Waals surface area contributed by atoms with Crippen LogP contribution in [0.25, 0.3) is 0 Å². The highest BCUT2D eigenvalue weighted by Gasteiger charge is 2.18. The molecule has 112 valence electrons. The van der Waals surface area contributed by atoms with Gasteiger partial charge in [-0.25, -0.2) is 4.98 Å². The van der Waals surface area contributed by atoms with Gasteiger partial charge in [0.2, 0.25) is 11.8 Å². The summed E-state index contributed by atoms with van der Waals surface area (Å²) < 4.78 is 5.65. The van der Waals surface area contributed by atoms with Crippen molar-refractivity contribution in [3.63, 3.8) is 0 Å². The molecule has 0 amide bonds. The maximum atomic E-state index is 5.65. The first kappa shape index (κ1) is 15.1. The van der Waals surface area contributed by atoms with Gasteiger partial charge < -0.3 is 10.1 Å². The highest BCUT2D eigenvalue weighted by molar-refractivity contribution is 5.30. The minimum Gasteiger partial charge on any atom is -0.475 e. The van der Waals surface area contributed by atoms with E-state index in [0.717, 1.165) is 24.1 Å². The number of aryl methyl sites for hydroxylation is 1. The predicted octanol–water partition coefficient (Wildman–Crippen LogP) is 3.81. The third-order valence-electron chi connectivity index (χ3n) is 3.87. The molecule has 1 fully saturated rings. The molecular weight excluding hydrogens is 250 g/mol. The van der Waals surface area contributed by atoms with E-state index in [-0.39, 0.29) is 6.10 Å². The molecule has 4 nitrogen and oxygen atoms in total. The van der Waals surface area contributed by atoms with Crippen LogP contribution in [0.5, 0.6) is 5.88 Å². The average Bonchev–Trinajstić information content (AvgIpc) is 2.36. The number of anilines is 1. The minimum atomic E-state index is 0.136. The molecule has 0 bridgehead atoms. The number of hydrogen-bond acceptors (Lipinski definition) is 4. The second-order valence-corrected chi connectivity index (χ2v) is 6.34. The summed E-state index contributed by atoms with van der Waals surface area (Å²) in [5.41, 5.74) is 0.940. The third-order valence-corrected chi connectivity index (χ3v) is 3.87. The molecule has 0 unspecified atom stereocenters. The standard InChI is InChI=1S/C16H27N3O/c1-11(2)20-15-9-13(4)18-16(19-15)17-10-14-7-5-12(3)6-8-14/h9,11-12,14H,5-8,10H2,1-4H3,(H,17,18,19). The van der Waals surface area contributed by atoms with Crippen LogP contribution < -0.4 is 10.1 Å². The summed E-state index contributed by atoms with van der Waals surface area (Å²) in [7, 11) is 0. The molecule has 1 aliphatic rings. The molecule has 2 rings (SSSR count). The van der Waals surface area contributed by atoms with E-state index in [1.807, 2.05) is 26.8 Å². The number of nitrogens with zero attached hydrogens (tertiary/aromatic N) is 2. The maximum Gasteiger partial charge on any atom is 0.226 e. The monoisotopic (exact) mass is 277 g/mol. The van der Waals surface area contributed by atoms with Crippen LogP contribution >= 0.6 is 0 Å². The average molecular weight is 277 g/mol. The van der Waals surface area contributed by atoms with E-state index in [4.69, 9.17) is 4.74 Å². The lowest BCUT2D eigenvalue weighted by molar-refractivity contribution is 0.232. The van der Waals surface area contributed by atoms with E-state index >= 15 is 0 Å². The van der Waals surface area contributed by atoms with Gasteiger partial charge in [-0.15, -0.1) is 0 Å². The first-order chi connectivity index (χ1) is 9.52. The first-order valence-electron chi connectivity index (χ1n) is 7.79. The number of rotatable bonds is 5. The molecule has 0 aliphatic heterocycles. The molecule has 0 spiro atoms. The Bertz CT molecular complexity index is 426. The molecular formula is C16H27N3O. The zero-order valence-corrected chi connectivity index (χ0v) is 13.1. The van der Waals surface area contributed by atoms with Gasteiger partial charge >= 0.3 is 0 Å². The molecule has 0 aromatic carbocycles. The smallest absolute Gasteiger partial charge is 0.226 e. The molecule has 0 atom stereocenters. The quantitative estimate of drug-likeness (QED) is 0.889. The summed E-state index contributed by atoms with van der Waals surface area (Å²) in [6, 6.07) is 1.88. The summed E-state index contributed by atoms with van der Waals surface area (Å²) in [5.74, 6) is 3.00. The summed E-state index contributed by atoms with van der Waals surface area (Å²) in [5, 5.41) is 3.38. The van der Waals surface area contributed by atoms with Crippen molar-refractivity contribution in [1.29, 1.82) is 0 Å². The normalized spacial score (nSPS) is 22.9. The minimum absolute atomic E-state index is 0.136. The fourth-order valence-corrected chi connectivity index (χ4v) is 2.69. The Hall–Kier alpha value is -1.32. The van der Waals surface area contributed by atoms with Gasteiger partial charge in [0.1, 0.15) is 0 Å². The van der Waals surface area contributed by atoms with Crippen molar-refractivity contribution >= 4 is 5.95 Å². The van der Waals surface area contributed by atoms with Crippen molar-refractivity contribution in [2.24, 2.45) is 11.8 Å². The van der Waals surface area contributed by atoms with Crippen LogP contribution in [0.1, 0.15) is 52.1 Å². The van der Waals surface area contributed by atoms with Crippen molar-refractivity contribution in [3.8, 4) is 5.88 Å². The fourth-order valence-electron chi connectivity index (χ4n) is 2.69. The van der Waals surface area contributed by atoms with E-state index in [2.05, 4.69) is 22.2 Å². The Kier molecular flexibility index (Phi) is 5.21. The Morgan fingerprint density at radius 1 is 1.25 bits per heavy atom. The van der Waals surface area contributed by atoms with E-state index in [0.29, 0.717) is 11.8 Å². The number of nitrogens with one attached hydrogen (secondary N) is 1. The van der Waals surface area contributed by atoms with Gasteiger partial charge in [-0.2, -0.15) is 4.98 Å². The molecule has 1 saturated carbocycles. The van der Waals surface area contributed by atoms with Gasteiger partial charge in [-0.1, -0.05) is 19.8 Å². The van der Waals surface area contributed by atoms with E-state index in [9.17, 15) is 0 Å². The fraction of sp³-hybridized carbons (Fsp3) is 0.750. The number of ether oxygens (including phenoxy) is 1. The van der Waals surface area contributed by atoms with Crippen LogP contribution in [0.2, 0.25) is 0 Å². The molecule has 1 aliphatic carbocycles. The van der Waals surface area contributed by atoms with Crippen molar-refractivity contribution < 1.29 is 4.74 Å². The summed E-state index contributed by atoms with van der Waals surface area (Å²) in [4.78, 5) is 8.87. The highest BCUT2D eigenvalue weighted by atomic mass is 16.5. The van der Waals surface area contributed by atoms with E-state index in [1.54, 1.807) is 0 Å². The van der Waals surface area contributed by atoms with E-state index in [1.165, 1.54) is 25.7 Å². The molecule has 0 saturated heterocycles. The van der Waals surface area contributed by atoms with Gasteiger partial charge in [0.15, 0.2) is 0 Å². The lowest BCUT2D eigenvalue weighted by Gasteiger charge is -2.26. The van der Waals surface area contributed by atoms with Crippen LogP contribution in [0.3, 0.4) is 0 Å². The van der Waals surface area contributed by atoms with Crippen LogP contribution in [0.4, 0.5) is 5.95 Å². The summed E-state index contributed by atoms with van der Waals surface area (Å²) in [6.07, 6.45) is 5.47. The molecule has 20 heavy (non-hydrogen) atoms. The third kappa shape index (κ3) is 4.66. The second-order valence-electron chi connectivity index (χ2n) is 6.34. The van der Waals surface area contributed by atoms with Crippen molar-refractivity contribution in [3.05, 3.63) is 11.8 Å². The predicted molar refractivity (Wildman–Crippen MR) is 82.1 cm³/mol. The van der Waals surface area contributed by atoms with Crippen LogP contribution in [-0.2, 0) is 0 Å². The van der Waals surface area contributed by atoms with Crippen molar-refractivity contribution in [1.82, 2.24) is 9.97 Å².